The van der Waals surface area contributed by atoms with Crippen LogP contribution in [0.25, 0.3) is 0 Å². The van der Waals surface area contributed by atoms with Crippen LogP contribution in [-0.4, -0.2) is 40.7 Å². The first kappa shape index (κ1) is 10.2. The summed E-state index contributed by atoms with van der Waals surface area (Å²) in [5.74, 6) is 0.892. The van der Waals surface area contributed by atoms with Gasteiger partial charge < -0.3 is 4.74 Å². The number of hydrogen-bond acceptors (Lipinski definition) is 4. The molecule has 0 bridgehead atoms. The van der Waals surface area contributed by atoms with E-state index in [0.29, 0.717) is 6.04 Å². The first-order valence-corrected chi connectivity index (χ1v) is 5.89. The Labute approximate surface area is 95.7 Å². The lowest BCUT2D eigenvalue weighted by molar-refractivity contribution is -0.0173. The fourth-order valence-corrected chi connectivity index (χ4v) is 2.72. The third kappa shape index (κ3) is 1.62. The normalized spacial score (nSPS) is 25.0. The molecular formula is C12H17N3O. The van der Waals surface area contributed by atoms with Gasteiger partial charge in [-0.1, -0.05) is 0 Å². The van der Waals surface area contributed by atoms with Gasteiger partial charge >= 0.3 is 0 Å². The molecule has 0 amide bonds. The molecule has 4 nitrogen and oxygen atoms in total. The summed E-state index contributed by atoms with van der Waals surface area (Å²) in [5.41, 5.74) is 3.72. The number of nitrogens with zero attached hydrogens (tertiary/aromatic N) is 3. The maximum absolute atomic E-state index is 5.54. The van der Waals surface area contributed by atoms with E-state index >= 15 is 0 Å². The fraction of sp³-hybridized carbons (Fsp3) is 0.667. The smallest absolute Gasteiger partial charge is 0.125 e. The maximum atomic E-state index is 5.54. The Morgan fingerprint density at radius 1 is 1.31 bits per heavy atom. The molecule has 0 saturated carbocycles. The molecule has 0 radical (unpaired) electrons. The summed E-state index contributed by atoms with van der Waals surface area (Å²) >= 11 is 0. The van der Waals surface area contributed by atoms with Crippen molar-refractivity contribution in [2.45, 2.75) is 32.9 Å². The van der Waals surface area contributed by atoms with Gasteiger partial charge in [-0.05, 0) is 25.8 Å². The summed E-state index contributed by atoms with van der Waals surface area (Å²) in [7, 11) is 0. The molecule has 0 aromatic carbocycles. The van der Waals surface area contributed by atoms with Gasteiger partial charge in [0.1, 0.15) is 5.82 Å². The number of ether oxygens (including phenoxy) is 1. The molecule has 4 heteroatoms. The van der Waals surface area contributed by atoms with Crippen molar-refractivity contribution in [2.75, 3.05) is 19.8 Å². The van der Waals surface area contributed by atoms with Gasteiger partial charge in [-0.3, -0.25) is 4.90 Å². The van der Waals surface area contributed by atoms with Gasteiger partial charge in [-0.25, -0.2) is 9.97 Å². The molecule has 2 aliphatic heterocycles. The van der Waals surface area contributed by atoms with Gasteiger partial charge in [0.25, 0.3) is 0 Å². The molecule has 1 atom stereocenters. The predicted molar refractivity (Wildman–Crippen MR) is 60.2 cm³/mol. The van der Waals surface area contributed by atoms with Crippen molar-refractivity contribution in [1.82, 2.24) is 14.9 Å². The van der Waals surface area contributed by atoms with E-state index < -0.39 is 0 Å². The Balaban J connectivity index is 1.98. The molecule has 1 aromatic heterocycles. The molecule has 1 fully saturated rings. The van der Waals surface area contributed by atoms with Crippen LogP contribution in [0.1, 0.15) is 22.8 Å². The number of fused-ring (bicyclic) bond motifs is 2. The first-order chi connectivity index (χ1) is 7.74. The van der Waals surface area contributed by atoms with E-state index in [-0.39, 0.29) is 0 Å². The maximum Gasteiger partial charge on any atom is 0.125 e. The molecule has 1 saturated heterocycles. The Bertz CT molecular complexity index is 419. The standard InChI is InChI=1S/C12H17N3O/c1-8-11-5-10-7-16-4-3-15(10)6-12(11)14-9(2)13-8/h10H,3-7H2,1-2H3. The Hall–Kier alpha value is -1.00. The quantitative estimate of drug-likeness (QED) is 0.648. The molecule has 16 heavy (non-hydrogen) atoms. The number of aryl methyl sites for hydroxylation is 2. The van der Waals surface area contributed by atoms with Crippen molar-refractivity contribution in [2.24, 2.45) is 0 Å². The van der Waals surface area contributed by atoms with Crippen LogP contribution in [0.2, 0.25) is 0 Å². The largest absolute Gasteiger partial charge is 0.378 e. The lowest BCUT2D eigenvalue weighted by atomic mass is 9.96. The summed E-state index contributed by atoms with van der Waals surface area (Å²) in [6.45, 7) is 7.77. The van der Waals surface area contributed by atoms with Crippen molar-refractivity contribution < 1.29 is 4.74 Å². The third-order valence-corrected chi connectivity index (χ3v) is 3.55. The summed E-state index contributed by atoms with van der Waals surface area (Å²) in [5, 5.41) is 0. The van der Waals surface area contributed by atoms with E-state index in [4.69, 9.17) is 4.74 Å². The van der Waals surface area contributed by atoms with Crippen LogP contribution in [0, 0.1) is 13.8 Å². The predicted octanol–water partition coefficient (Wildman–Crippen LogP) is 0.850. The zero-order valence-electron chi connectivity index (χ0n) is 9.86. The number of hydrogen-bond donors (Lipinski definition) is 0. The van der Waals surface area contributed by atoms with E-state index in [9.17, 15) is 0 Å². The van der Waals surface area contributed by atoms with E-state index in [1.54, 1.807) is 0 Å². The molecule has 0 spiro atoms. The zero-order chi connectivity index (χ0) is 11.1. The minimum Gasteiger partial charge on any atom is -0.378 e. The van der Waals surface area contributed by atoms with Crippen LogP contribution >= 0.6 is 0 Å². The molecule has 3 rings (SSSR count). The average Bonchev–Trinajstić information content (AvgIpc) is 2.27. The Morgan fingerprint density at radius 3 is 3.06 bits per heavy atom. The van der Waals surface area contributed by atoms with E-state index in [2.05, 4.69) is 21.8 Å². The van der Waals surface area contributed by atoms with Crippen LogP contribution in [-0.2, 0) is 17.7 Å². The summed E-state index contributed by atoms with van der Waals surface area (Å²) in [6, 6.07) is 0.534. The molecule has 1 unspecified atom stereocenters. The van der Waals surface area contributed by atoms with Gasteiger partial charge in [0, 0.05) is 24.8 Å². The topological polar surface area (TPSA) is 38.2 Å². The minimum absolute atomic E-state index is 0.534. The van der Waals surface area contributed by atoms with Crippen molar-refractivity contribution in [3.8, 4) is 0 Å². The van der Waals surface area contributed by atoms with Gasteiger partial charge in [0.2, 0.25) is 0 Å². The van der Waals surface area contributed by atoms with Crippen LogP contribution in [0.4, 0.5) is 0 Å². The zero-order valence-corrected chi connectivity index (χ0v) is 9.86. The highest BCUT2D eigenvalue weighted by Gasteiger charge is 2.30. The van der Waals surface area contributed by atoms with Crippen molar-refractivity contribution in [3.05, 3.63) is 22.8 Å². The van der Waals surface area contributed by atoms with Crippen LogP contribution < -0.4 is 0 Å². The van der Waals surface area contributed by atoms with Crippen LogP contribution in [0.5, 0.6) is 0 Å². The molecule has 0 N–H and O–H groups in total. The van der Waals surface area contributed by atoms with Crippen molar-refractivity contribution in [3.63, 3.8) is 0 Å². The fourth-order valence-electron chi connectivity index (χ4n) is 2.72. The molecule has 3 heterocycles. The lowest BCUT2D eigenvalue weighted by Gasteiger charge is -2.39. The highest BCUT2D eigenvalue weighted by molar-refractivity contribution is 5.28. The molecule has 2 aliphatic rings. The van der Waals surface area contributed by atoms with E-state index in [1.165, 1.54) is 11.3 Å². The van der Waals surface area contributed by atoms with E-state index in [1.807, 2.05) is 6.92 Å². The second-order valence-corrected chi connectivity index (χ2v) is 4.68. The average molecular weight is 219 g/mol. The third-order valence-electron chi connectivity index (χ3n) is 3.55. The van der Waals surface area contributed by atoms with Crippen molar-refractivity contribution in [1.29, 1.82) is 0 Å². The number of aromatic nitrogens is 2. The van der Waals surface area contributed by atoms with E-state index in [0.717, 1.165) is 44.2 Å². The van der Waals surface area contributed by atoms with Crippen molar-refractivity contribution >= 4 is 0 Å². The van der Waals surface area contributed by atoms with Gasteiger partial charge in [-0.2, -0.15) is 0 Å². The number of rotatable bonds is 0. The molecular weight excluding hydrogens is 202 g/mol. The lowest BCUT2D eigenvalue weighted by Crippen LogP contribution is -2.49. The van der Waals surface area contributed by atoms with Gasteiger partial charge in [0.05, 0.1) is 18.9 Å². The second kappa shape index (κ2) is 3.79. The highest BCUT2D eigenvalue weighted by atomic mass is 16.5. The highest BCUT2D eigenvalue weighted by Crippen LogP contribution is 2.25. The van der Waals surface area contributed by atoms with Gasteiger partial charge in [0.15, 0.2) is 0 Å². The van der Waals surface area contributed by atoms with Gasteiger partial charge in [-0.15, -0.1) is 0 Å². The number of morpholine rings is 1. The summed E-state index contributed by atoms with van der Waals surface area (Å²) < 4.78 is 5.54. The van der Waals surface area contributed by atoms with Crippen LogP contribution in [0.15, 0.2) is 0 Å². The van der Waals surface area contributed by atoms with Crippen LogP contribution in [0.3, 0.4) is 0 Å². The Morgan fingerprint density at radius 2 is 2.19 bits per heavy atom. The molecule has 86 valence electrons. The first-order valence-electron chi connectivity index (χ1n) is 5.89. The SMILES string of the molecule is Cc1nc(C)c2c(n1)CN1CCOCC1C2. The second-order valence-electron chi connectivity index (χ2n) is 4.68. The monoisotopic (exact) mass is 219 g/mol. The summed E-state index contributed by atoms with van der Waals surface area (Å²) in [4.78, 5) is 11.5. The molecule has 0 aliphatic carbocycles. The Kier molecular flexibility index (Phi) is 2.41. The minimum atomic E-state index is 0.534. The molecule has 1 aromatic rings. The summed E-state index contributed by atoms with van der Waals surface area (Å²) in [6.07, 6.45) is 1.04.